The summed E-state index contributed by atoms with van der Waals surface area (Å²) in [5.41, 5.74) is 0.490. The summed E-state index contributed by atoms with van der Waals surface area (Å²) in [5.74, 6) is 1.62. The minimum atomic E-state index is -0.552. The normalized spacial score (nSPS) is 18.6. The highest BCUT2D eigenvalue weighted by atomic mass is 16.3. The molecular formula is C14H23N3O. The third-order valence-electron chi connectivity index (χ3n) is 3.64. The predicted octanol–water partition coefficient (Wildman–Crippen LogP) is 2.45. The summed E-state index contributed by atoms with van der Waals surface area (Å²) in [7, 11) is 0. The van der Waals surface area contributed by atoms with Crippen LogP contribution in [0.1, 0.15) is 50.5 Å². The minimum absolute atomic E-state index is 0.552. The van der Waals surface area contributed by atoms with Crippen molar-refractivity contribution in [3.63, 3.8) is 0 Å². The van der Waals surface area contributed by atoms with Gasteiger partial charge >= 0.3 is 0 Å². The van der Waals surface area contributed by atoms with Gasteiger partial charge in [0.1, 0.15) is 11.6 Å². The third kappa shape index (κ3) is 3.42. The van der Waals surface area contributed by atoms with Gasteiger partial charge in [0, 0.05) is 18.3 Å². The largest absolute Gasteiger partial charge is 0.388 e. The number of aryl methyl sites for hydroxylation is 2. The molecule has 0 saturated heterocycles. The van der Waals surface area contributed by atoms with Gasteiger partial charge in [-0.3, -0.25) is 0 Å². The van der Waals surface area contributed by atoms with E-state index in [1.165, 1.54) is 6.42 Å². The number of aliphatic hydroxyl groups is 1. The lowest BCUT2D eigenvalue weighted by atomic mass is 9.85. The standard InChI is InChI=1S/C14H23N3O/c1-3-12-9-13(17-11(2)16-12)15-10-14(18)7-5-4-6-8-14/h9,18H,3-8,10H2,1-2H3,(H,15,16,17). The number of rotatable bonds is 4. The molecule has 0 unspecified atom stereocenters. The first-order valence-corrected chi connectivity index (χ1v) is 6.92. The summed E-state index contributed by atoms with van der Waals surface area (Å²) < 4.78 is 0. The van der Waals surface area contributed by atoms with Crippen molar-refractivity contribution < 1.29 is 5.11 Å². The Balaban J connectivity index is 1.98. The molecule has 100 valence electrons. The Labute approximate surface area is 109 Å². The molecule has 1 aromatic rings. The van der Waals surface area contributed by atoms with Crippen LogP contribution in [0, 0.1) is 6.92 Å². The highest BCUT2D eigenvalue weighted by Crippen LogP contribution is 2.28. The molecule has 0 amide bonds. The van der Waals surface area contributed by atoms with Crippen LogP contribution < -0.4 is 5.32 Å². The highest BCUT2D eigenvalue weighted by molar-refractivity contribution is 5.36. The van der Waals surface area contributed by atoms with Crippen LogP contribution in [0.4, 0.5) is 5.82 Å². The average Bonchev–Trinajstić information content (AvgIpc) is 2.37. The Morgan fingerprint density at radius 3 is 2.67 bits per heavy atom. The Hall–Kier alpha value is -1.16. The molecule has 1 heterocycles. The molecule has 0 radical (unpaired) electrons. The van der Waals surface area contributed by atoms with Crippen molar-refractivity contribution in [2.24, 2.45) is 0 Å². The lowest BCUT2D eigenvalue weighted by Gasteiger charge is -2.32. The Bertz CT molecular complexity index is 400. The number of hydrogen-bond donors (Lipinski definition) is 2. The van der Waals surface area contributed by atoms with E-state index in [0.717, 1.165) is 49.4 Å². The minimum Gasteiger partial charge on any atom is -0.388 e. The van der Waals surface area contributed by atoms with E-state index in [-0.39, 0.29) is 0 Å². The average molecular weight is 249 g/mol. The molecule has 0 aliphatic heterocycles. The van der Waals surface area contributed by atoms with Crippen molar-refractivity contribution in [1.82, 2.24) is 9.97 Å². The summed E-state index contributed by atoms with van der Waals surface area (Å²) >= 11 is 0. The van der Waals surface area contributed by atoms with Gasteiger partial charge in [0.05, 0.1) is 5.60 Å². The van der Waals surface area contributed by atoms with E-state index in [4.69, 9.17) is 0 Å². The molecule has 0 atom stereocenters. The van der Waals surface area contributed by atoms with Crippen LogP contribution in [-0.4, -0.2) is 27.2 Å². The zero-order valence-corrected chi connectivity index (χ0v) is 11.4. The van der Waals surface area contributed by atoms with E-state index < -0.39 is 5.60 Å². The van der Waals surface area contributed by atoms with Crippen molar-refractivity contribution in [3.8, 4) is 0 Å². The summed E-state index contributed by atoms with van der Waals surface area (Å²) in [6.07, 6.45) is 6.19. The fourth-order valence-electron chi connectivity index (χ4n) is 2.54. The van der Waals surface area contributed by atoms with Crippen molar-refractivity contribution in [3.05, 3.63) is 17.6 Å². The quantitative estimate of drug-likeness (QED) is 0.860. The van der Waals surface area contributed by atoms with Crippen LogP contribution >= 0.6 is 0 Å². The Kier molecular flexibility index (Phi) is 4.17. The smallest absolute Gasteiger partial charge is 0.130 e. The van der Waals surface area contributed by atoms with Gasteiger partial charge in [-0.05, 0) is 26.2 Å². The summed E-state index contributed by atoms with van der Waals surface area (Å²) in [6.45, 7) is 4.58. The van der Waals surface area contributed by atoms with Crippen LogP contribution in [0.15, 0.2) is 6.07 Å². The van der Waals surface area contributed by atoms with Gasteiger partial charge in [0.25, 0.3) is 0 Å². The Morgan fingerprint density at radius 2 is 2.00 bits per heavy atom. The molecule has 18 heavy (non-hydrogen) atoms. The second kappa shape index (κ2) is 5.65. The number of hydrogen-bond acceptors (Lipinski definition) is 4. The summed E-state index contributed by atoms with van der Waals surface area (Å²) in [4.78, 5) is 8.71. The number of anilines is 1. The zero-order valence-electron chi connectivity index (χ0n) is 11.4. The maximum Gasteiger partial charge on any atom is 0.130 e. The second-order valence-corrected chi connectivity index (χ2v) is 5.28. The maximum atomic E-state index is 10.4. The van der Waals surface area contributed by atoms with Crippen LogP contribution in [0.25, 0.3) is 0 Å². The summed E-state index contributed by atoms with van der Waals surface area (Å²) in [6, 6.07) is 1.97. The first kappa shape index (κ1) is 13.3. The number of nitrogens with zero attached hydrogens (tertiary/aromatic N) is 2. The molecule has 2 rings (SSSR count). The summed E-state index contributed by atoms with van der Waals surface area (Å²) in [5, 5.41) is 13.7. The topological polar surface area (TPSA) is 58.0 Å². The maximum absolute atomic E-state index is 10.4. The van der Waals surface area contributed by atoms with Gasteiger partial charge in [-0.2, -0.15) is 0 Å². The van der Waals surface area contributed by atoms with E-state index in [0.29, 0.717) is 6.54 Å². The van der Waals surface area contributed by atoms with Crippen molar-refractivity contribution in [1.29, 1.82) is 0 Å². The molecule has 1 aromatic heterocycles. The van der Waals surface area contributed by atoms with Gasteiger partial charge in [0.2, 0.25) is 0 Å². The number of aromatic nitrogens is 2. The van der Waals surface area contributed by atoms with E-state index in [1.54, 1.807) is 0 Å². The molecule has 1 saturated carbocycles. The molecule has 0 bridgehead atoms. The van der Waals surface area contributed by atoms with Crippen molar-refractivity contribution in [2.75, 3.05) is 11.9 Å². The fraction of sp³-hybridized carbons (Fsp3) is 0.714. The van der Waals surface area contributed by atoms with Gasteiger partial charge in [-0.1, -0.05) is 26.2 Å². The van der Waals surface area contributed by atoms with Crippen LogP contribution in [-0.2, 0) is 6.42 Å². The number of nitrogens with one attached hydrogen (secondary N) is 1. The monoisotopic (exact) mass is 249 g/mol. The van der Waals surface area contributed by atoms with E-state index >= 15 is 0 Å². The first-order valence-electron chi connectivity index (χ1n) is 6.92. The second-order valence-electron chi connectivity index (χ2n) is 5.28. The molecule has 1 fully saturated rings. The first-order chi connectivity index (χ1) is 8.61. The van der Waals surface area contributed by atoms with Crippen molar-refractivity contribution in [2.45, 2.75) is 58.0 Å². The van der Waals surface area contributed by atoms with Crippen molar-refractivity contribution >= 4 is 5.82 Å². The third-order valence-corrected chi connectivity index (χ3v) is 3.64. The van der Waals surface area contributed by atoms with Gasteiger partial charge in [-0.25, -0.2) is 9.97 Å². The zero-order chi connectivity index (χ0) is 13.0. The SMILES string of the molecule is CCc1cc(NCC2(O)CCCCC2)nc(C)n1. The van der Waals surface area contributed by atoms with E-state index in [9.17, 15) is 5.11 Å². The molecule has 0 spiro atoms. The van der Waals surface area contributed by atoms with Crippen LogP contribution in [0.2, 0.25) is 0 Å². The lowest BCUT2D eigenvalue weighted by Crippen LogP contribution is -2.39. The fourth-order valence-corrected chi connectivity index (χ4v) is 2.54. The van der Waals surface area contributed by atoms with Crippen LogP contribution in [0.3, 0.4) is 0 Å². The molecule has 1 aliphatic carbocycles. The molecule has 4 nitrogen and oxygen atoms in total. The molecule has 4 heteroatoms. The Morgan fingerprint density at radius 1 is 1.28 bits per heavy atom. The van der Waals surface area contributed by atoms with E-state index in [2.05, 4.69) is 22.2 Å². The molecule has 1 aliphatic rings. The molecule has 2 N–H and O–H groups in total. The van der Waals surface area contributed by atoms with Crippen LogP contribution in [0.5, 0.6) is 0 Å². The van der Waals surface area contributed by atoms with E-state index in [1.807, 2.05) is 13.0 Å². The van der Waals surface area contributed by atoms with Gasteiger partial charge in [0.15, 0.2) is 0 Å². The van der Waals surface area contributed by atoms with Gasteiger partial charge < -0.3 is 10.4 Å². The lowest BCUT2D eigenvalue weighted by molar-refractivity contribution is 0.0166. The predicted molar refractivity (Wildman–Crippen MR) is 72.7 cm³/mol. The molecular weight excluding hydrogens is 226 g/mol. The highest BCUT2D eigenvalue weighted by Gasteiger charge is 2.28. The van der Waals surface area contributed by atoms with Gasteiger partial charge in [-0.15, -0.1) is 0 Å². The molecule has 0 aromatic carbocycles.